The van der Waals surface area contributed by atoms with Gasteiger partial charge in [0.05, 0.1) is 28.7 Å². The minimum Gasteiger partial charge on any atom is -0.490 e. The lowest BCUT2D eigenvalue weighted by Gasteiger charge is -2.16. The summed E-state index contributed by atoms with van der Waals surface area (Å²) in [7, 11) is 0. The van der Waals surface area contributed by atoms with Crippen LogP contribution >= 0.6 is 27.5 Å². The molecule has 3 aromatic rings. The molecule has 168 valence electrons. The van der Waals surface area contributed by atoms with Crippen molar-refractivity contribution in [1.29, 1.82) is 0 Å². The van der Waals surface area contributed by atoms with Crippen molar-refractivity contribution in [2.24, 2.45) is 5.10 Å². The zero-order valence-electron chi connectivity index (χ0n) is 17.6. The van der Waals surface area contributed by atoms with Crippen molar-refractivity contribution in [2.75, 3.05) is 6.61 Å². The van der Waals surface area contributed by atoms with Crippen molar-refractivity contribution in [3.05, 3.63) is 61.6 Å². The quantitative estimate of drug-likeness (QED) is 0.437. The Hall–Kier alpha value is -2.91. The summed E-state index contributed by atoms with van der Waals surface area (Å²) in [5, 5.41) is 14.1. The summed E-state index contributed by atoms with van der Waals surface area (Å²) in [6, 6.07) is 8.48. The van der Waals surface area contributed by atoms with Crippen molar-refractivity contribution in [1.82, 2.24) is 9.66 Å². The number of rotatable bonds is 8. The molecule has 1 atom stereocenters. The Labute approximate surface area is 197 Å². The van der Waals surface area contributed by atoms with E-state index in [0.29, 0.717) is 35.3 Å². The van der Waals surface area contributed by atoms with Crippen molar-refractivity contribution < 1.29 is 19.4 Å². The molecular formula is C22H21BrClN3O5. The first-order chi connectivity index (χ1) is 15.2. The van der Waals surface area contributed by atoms with Gasteiger partial charge in [-0.15, -0.1) is 0 Å². The van der Waals surface area contributed by atoms with E-state index in [4.69, 9.17) is 26.2 Å². The number of carbonyl (C=O) groups is 1. The highest BCUT2D eigenvalue weighted by atomic mass is 79.9. The van der Waals surface area contributed by atoms with Gasteiger partial charge in [0.1, 0.15) is 5.82 Å². The fraction of sp³-hybridized carbons (Fsp3) is 0.273. The number of fused-ring (bicyclic) bond motifs is 1. The van der Waals surface area contributed by atoms with Crippen LogP contribution in [0.3, 0.4) is 0 Å². The Bertz CT molecular complexity index is 1260. The van der Waals surface area contributed by atoms with Crippen LogP contribution in [0.15, 0.2) is 44.7 Å². The fourth-order valence-electron chi connectivity index (χ4n) is 2.93. The summed E-state index contributed by atoms with van der Waals surface area (Å²) in [4.78, 5) is 28.7. The summed E-state index contributed by atoms with van der Waals surface area (Å²) in [6.45, 7) is 5.38. The van der Waals surface area contributed by atoms with Crippen LogP contribution < -0.4 is 15.0 Å². The minimum atomic E-state index is -1.13. The first kappa shape index (κ1) is 23.7. The molecule has 0 spiro atoms. The molecule has 0 aliphatic rings. The van der Waals surface area contributed by atoms with Gasteiger partial charge in [0.2, 0.25) is 0 Å². The van der Waals surface area contributed by atoms with Gasteiger partial charge in [-0.3, -0.25) is 4.79 Å². The smallest absolute Gasteiger partial charge is 0.344 e. The highest BCUT2D eigenvalue weighted by Gasteiger charge is 2.19. The summed E-state index contributed by atoms with van der Waals surface area (Å²) in [6.07, 6.45) is 0.855. The zero-order chi connectivity index (χ0) is 23.4. The van der Waals surface area contributed by atoms with Crippen LogP contribution in [0.1, 0.15) is 32.2 Å². The third-order valence-corrected chi connectivity index (χ3v) is 5.26. The SMILES string of the molecule is CCOc1cc(C=Nn2c(CC)nc3ccc(Br)cc3c2=O)cc(Cl)c1O[C@H](C)C(=O)O. The Kier molecular flexibility index (Phi) is 7.52. The van der Waals surface area contributed by atoms with Crippen molar-refractivity contribution in [3.63, 3.8) is 0 Å². The minimum absolute atomic E-state index is 0.129. The topological polar surface area (TPSA) is 103 Å². The van der Waals surface area contributed by atoms with E-state index in [2.05, 4.69) is 26.0 Å². The normalized spacial score (nSPS) is 12.3. The van der Waals surface area contributed by atoms with Crippen molar-refractivity contribution in [2.45, 2.75) is 33.3 Å². The molecule has 2 aromatic carbocycles. The number of benzene rings is 2. The molecule has 0 radical (unpaired) electrons. The predicted octanol–water partition coefficient (Wildman–Crippen LogP) is 4.51. The van der Waals surface area contributed by atoms with Gasteiger partial charge in [-0.2, -0.15) is 9.78 Å². The van der Waals surface area contributed by atoms with Gasteiger partial charge in [-0.1, -0.05) is 34.5 Å². The van der Waals surface area contributed by atoms with Crippen LogP contribution in [0.4, 0.5) is 0 Å². The number of hydrogen-bond acceptors (Lipinski definition) is 6. The second-order valence-electron chi connectivity index (χ2n) is 6.77. The van der Waals surface area contributed by atoms with E-state index in [9.17, 15) is 9.59 Å². The summed E-state index contributed by atoms with van der Waals surface area (Å²) in [5.41, 5.74) is 0.838. The van der Waals surface area contributed by atoms with Crippen LogP contribution in [0.5, 0.6) is 11.5 Å². The Balaban J connectivity index is 2.06. The first-order valence-electron chi connectivity index (χ1n) is 9.86. The van der Waals surface area contributed by atoms with Gasteiger partial charge >= 0.3 is 5.97 Å². The second kappa shape index (κ2) is 10.1. The third kappa shape index (κ3) is 5.11. The lowest BCUT2D eigenvalue weighted by Crippen LogP contribution is -2.23. The fourth-order valence-corrected chi connectivity index (χ4v) is 3.56. The molecule has 0 saturated carbocycles. The molecule has 0 saturated heterocycles. The Morgan fingerprint density at radius 2 is 2.09 bits per heavy atom. The molecule has 0 aliphatic carbocycles. The Morgan fingerprint density at radius 3 is 2.75 bits per heavy atom. The van der Waals surface area contributed by atoms with Gasteiger partial charge in [-0.25, -0.2) is 9.78 Å². The highest BCUT2D eigenvalue weighted by molar-refractivity contribution is 9.10. The molecule has 0 bridgehead atoms. The molecule has 0 unspecified atom stereocenters. The van der Waals surface area contributed by atoms with Crippen LogP contribution in [0.2, 0.25) is 5.02 Å². The van der Waals surface area contributed by atoms with Crippen LogP contribution in [0, 0.1) is 0 Å². The maximum Gasteiger partial charge on any atom is 0.344 e. The van der Waals surface area contributed by atoms with E-state index in [1.807, 2.05) is 13.0 Å². The molecule has 0 aliphatic heterocycles. The molecule has 0 amide bonds. The number of hydrogen-bond donors (Lipinski definition) is 1. The standard InChI is InChI=1S/C22H21BrClN3O5/c1-4-19-26-17-7-6-14(23)10-15(17)21(28)27(19)25-11-13-8-16(24)20(18(9-13)31-5-2)32-12(3)22(29)30/h6-12H,4-5H2,1-3H3,(H,29,30)/t12-/m1/s1. The molecule has 1 N–H and O–H groups in total. The maximum absolute atomic E-state index is 13.0. The molecule has 10 heteroatoms. The molecule has 32 heavy (non-hydrogen) atoms. The van der Waals surface area contributed by atoms with E-state index in [0.717, 1.165) is 4.47 Å². The molecule has 3 rings (SSSR count). The first-order valence-corrected chi connectivity index (χ1v) is 11.0. The zero-order valence-corrected chi connectivity index (χ0v) is 20.0. The van der Waals surface area contributed by atoms with Crippen molar-refractivity contribution >= 4 is 50.6 Å². The van der Waals surface area contributed by atoms with E-state index in [-0.39, 0.29) is 22.1 Å². The molecule has 1 aromatic heterocycles. The van der Waals surface area contributed by atoms with Crippen LogP contribution in [0.25, 0.3) is 10.9 Å². The molecule has 1 heterocycles. The second-order valence-corrected chi connectivity index (χ2v) is 8.09. The van der Waals surface area contributed by atoms with Gasteiger partial charge in [0.15, 0.2) is 17.6 Å². The molecule has 8 nitrogen and oxygen atoms in total. The summed E-state index contributed by atoms with van der Waals surface area (Å²) in [5.74, 6) is -0.217. The summed E-state index contributed by atoms with van der Waals surface area (Å²) >= 11 is 9.71. The van der Waals surface area contributed by atoms with Gasteiger partial charge in [-0.05, 0) is 49.7 Å². The van der Waals surface area contributed by atoms with Gasteiger partial charge in [0, 0.05) is 10.9 Å². The number of carboxylic acid groups (broad SMARTS) is 1. The van der Waals surface area contributed by atoms with E-state index in [1.165, 1.54) is 17.8 Å². The Morgan fingerprint density at radius 1 is 1.34 bits per heavy atom. The number of ether oxygens (including phenoxy) is 2. The third-order valence-electron chi connectivity index (χ3n) is 4.49. The number of aromatic nitrogens is 2. The van der Waals surface area contributed by atoms with Crippen LogP contribution in [-0.2, 0) is 11.2 Å². The van der Waals surface area contributed by atoms with E-state index in [1.54, 1.807) is 31.2 Å². The average molecular weight is 523 g/mol. The number of halogens is 2. The van der Waals surface area contributed by atoms with E-state index >= 15 is 0 Å². The average Bonchev–Trinajstić information content (AvgIpc) is 2.75. The predicted molar refractivity (Wildman–Crippen MR) is 126 cm³/mol. The lowest BCUT2D eigenvalue weighted by atomic mass is 10.2. The number of carboxylic acids is 1. The summed E-state index contributed by atoms with van der Waals surface area (Å²) < 4.78 is 13.0. The van der Waals surface area contributed by atoms with E-state index < -0.39 is 12.1 Å². The largest absolute Gasteiger partial charge is 0.490 e. The maximum atomic E-state index is 13.0. The van der Waals surface area contributed by atoms with Crippen LogP contribution in [-0.4, -0.2) is 39.7 Å². The van der Waals surface area contributed by atoms with Crippen molar-refractivity contribution in [3.8, 4) is 11.5 Å². The lowest BCUT2D eigenvalue weighted by molar-refractivity contribution is -0.144. The van der Waals surface area contributed by atoms with Gasteiger partial charge in [0.25, 0.3) is 5.56 Å². The van der Waals surface area contributed by atoms with Gasteiger partial charge < -0.3 is 14.6 Å². The number of aryl methyl sites for hydroxylation is 1. The number of aliphatic carboxylic acids is 1. The highest BCUT2D eigenvalue weighted by Crippen LogP contribution is 2.37. The molecule has 0 fully saturated rings. The molecular weight excluding hydrogens is 502 g/mol. The monoisotopic (exact) mass is 521 g/mol. The number of nitrogens with zero attached hydrogens (tertiary/aromatic N) is 3.